The van der Waals surface area contributed by atoms with Crippen molar-refractivity contribution in [3.8, 4) is 11.5 Å². The molecule has 2 aromatic rings. The van der Waals surface area contributed by atoms with Gasteiger partial charge in [0.1, 0.15) is 23.1 Å². The summed E-state index contributed by atoms with van der Waals surface area (Å²) in [6, 6.07) is 6.82. The molecule has 1 N–H and O–H groups in total. The van der Waals surface area contributed by atoms with Crippen LogP contribution in [0.4, 0.5) is 14.5 Å². The first kappa shape index (κ1) is 20.4. The van der Waals surface area contributed by atoms with Crippen LogP contribution in [0.3, 0.4) is 0 Å². The van der Waals surface area contributed by atoms with E-state index in [1.165, 1.54) is 26.4 Å². The Kier molecular flexibility index (Phi) is 6.36. The average Bonchev–Trinajstić information content (AvgIpc) is 3.48. The molecule has 0 spiro atoms. The second-order valence-corrected chi connectivity index (χ2v) is 7.01. The number of hydrogen-bond donors (Lipinski definition) is 1. The van der Waals surface area contributed by atoms with E-state index in [0.717, 1.165) is 18.9 Å². The fourth-order valence-corrected chi connectivity index (χ4v) is 3.20. The second-order valence-electron chi connectivity index (χ2n) is 6.61. The third-order valence-electron chi connectivity index (χ3n) is 4.55. The van der Waals surface area contributed by atoms with Crippen molar-refractivity contribution in [2.45, 2.75) is 25.4 Å². The van der Waals surface area contributed by atoms with Crippen LogP contribution in [0.15, 0.2) is 30.3 Å². The van der Waals surface area contributed by atoms with E-state index in [-0.39, 0.29) is 25.0 Å². The SMILES string of the molecule is COc1cc(OC)c(NC(=O)CN(Cc2ccc(F)cc2F)C2CC2)cc1Cl. The molecule has 3 rings (SSSR count). The van der Waals surface area contributed by atoms with Gasteiger partial charge in [-0.1, -0.05) is 17.7 Å². The van der Waals surface area contributed by atoms with Crippen molar-refractivity contribution in [1.82, 2.24) is 4.90 Å². The van der Waals surface area contributed by atoms with Crippen molar-refractivity contribution >= 4 is 23.2 Å². The number of hydrogen-bond acceptors (Lipinski definition) is 4. The van der Waals surface area contributed by atoms with Crippen LogP contribution in [0.1, 0.15) is 18.4 Å². The Hall–Kier alpha value is -2.38. The summed E-state index contributed by atoms with van der Waals surface area (Å²) in [5.41, 5.74) is 0.771. The molecule has 0 saturated heterocycles. The molecule has 1 fully saturated rings. The third-order valence-corrected chi connectivity index (χ3v) is 4.84. The van der Waals surface area contributed by atoms with Crippen LogP contribution in [-0.2, 0) is 11.3 Å². The van der Waals surface area contributed by atoms with Crippen LogP contribution < -0.4 is 14.8 Å². The lowest BCUT2D eigenvalue weighted by molar-refractivity contribution is -0.117. The smallest absolute Gasteiger partial charge is 0.238 e. The molecule has 8 heteroatoms. The first-order chi connectivity index (χ1) is 13.4. The number of nitrogens with zero attached hydrogens (tertiary/aromatic N) is 1. The summed E-state index contributed by atoms with van der Waals surface area (Å²) in [4.78, 5) is 14.5. The number of amides is 1. The second kappa shape index (κ2) is 8.75. The van der Waals surface area contributed by atoms with Gasteiger partial charge in [-0.2, -0.15) is 0 Å². The average molecular weight is 411 g/mol. The van der Waals surface area contributed by atoms with Crippen LogP contribution in [0, 0.1) is 11.6 Å². The van der Waals surface area contributed by atoms with Crippen LogP contribution in [0.25, 0.3) is 0 Å². The number of carbonyl (C=O) groups is 1. The number of anilines is 1. The van der Waals surface area contributed by atoms with Gasteiger partial charge < -0.3 is 14.8 Å². The maximum Gasteiger partial charge on any atom is 0.238 e. The van der Waals surface area contributed by atoms with Crippen LogP contribution in [-0.4, -0.2) is 37.6 Å². The number of nitrogens with one attached hydrogen (secondary N) is 1. The molecule has 0 unspecified atom stereocenters. The number of methoxy groups -OCH3 is 2. The highest BCUT2D eigenvalue weighted by atomic mass is 35.5. The summed E-state index contributed by atoms with van der Waals surface area (Å²) in [5.74, 6) is -0.677. The first-order valence-corrected chi connectivity index (χ1v) is 9.18. The standard InChI is InChI=1S/C20H21ClF2N2O3/c1-27-18-9-19(28-2)17(8-15(18)21)24-20(26)11-25(14-5-6-14)10-12-3-4-13(22)7-16(12)23/h3-4,7-9,14H,5-6,10-11H2,1-2H3,(H,24,26). The number of halogens is 3. The van der Waals surface area contributed by atoms with Crippen molar-refractivity contribution in [2.24, 2.45) is 0 Å². The molecule has 0 heterocycles. The molecule has 5 nitrogen and oxygen atoms in total. The Bertz CT molecular complexity index is 875. The van der Waals surface area contributed by atoms with E-state index in [0.29, 0.717) is 27.8 Å². The predicted octanol–water partition coefficient (Wildman–Crippen LogP) is 4.24. The van der Waals surface area contributed by atoms with Gasteiger partial charge in [-0.15, -0.1) is 0 Å². The molecule has 1 saturated carbocycles. The Morgan fingerprint density at radius 3 is 2.50 bits per heavy atom. The van der Waals surface area contributed by atoms with E-state index >= 15 is 0 Å². The van der Waals surface area contributed by atoms with Gasteiger partial charge in [0, 0.05) is 30.3 Å². The van der Waals surface area contributed by atoms with Crippen molar-refractivity contribution in [3.05, 3.63) is 52.6 Å². The molecular weight excluding hydrogens is 390 g/mol. The van der Waals surface area contributed by atoms with Gasteiger partial charge in [-0.05, 0) is 25.0 Å². The highest BCUT2D eigenvalue weighted by molar-refractivity contribution is 6.32. The quantitative estimate of drug-likeness (QED) is 0.707. The Morgan fingerprint density at radius 1 is 1.18 bits per heavy atom. The molecule has 1 aliphatic rings. The monoisotopic (exact) mass is 410 g/mol. The lowest BCUT2D eigenvalue weighted by atomic mass is 10.2. The van der Waals surface area contributed by atoms with Crippen molar-refractivity contribution < 1.29 is 23.0 Å². The van der Waals surface area contributed by atoms with Gasteiger partial charge in [0.15, 0.2) is 0 Å². The van der Waals surface area contributed by atoms with Crippen molar-refractivity contribution in [2.75, 3.05) is 26.1 Å². The fraction of sp³-hybridized carbons (Fsp3) is 0.350. The van der Waals surface area contributed by atoms with Crippen molar-refractivity contribution in [3.63, 3.8) is 0 Å². The van der Waals surface area contributed by atoms with Crippen LogP contribution in [0.2, 0.25) is 5.02 Å². The van der Waals surface area contributed by atoms with Crippen LogP contribution >= 0.6 is 11.6 Å². The Balaban J connectivity index is 1.71. The van der Waals surface area contributed by atoms with Crippen molar-refractivity contribution in [1.29, 1.82) is 0 Å². The summed E-state index contributed by atoms with van der Waals surface area (Å²) in [6.07, 6.45) is 1.88. The van der Waals surface area contributed by atoms with Gasteiger partial charge >= 0.3 is 0 Å². The molecule has 0 aliphatic heterocycles. The van der Waals surface area contributed by atoms with Crippen LogP contribution in [0.5, 0.6) is 11.5 Å². The maximum atomic E-state index is 14.0. The summed E-state index contributed by atoms with van der Waals surface area (Å²) < 4.78 is 37.5. The number of ether oxygens (including phenoxy) is 2. The van der Waals surface area contributed by atoms with E-state index in [4.69, 9.17) is 21.1 Å². The van der Waals surface area contributed by atoms with E-state index < -0.39 is 11.6 Å². The maximum absolute atomic E-state index is 14.0. The zero-order valence-corrected chi connectivity index (χ0v) is 16.4. The molecule has 0 radical (unpaired) electrons. The lowest BCUT2D eigenvalue weighted by Gasteiger charge is -2.22. The zero-order valence-electron chi connectivity index (χ0n) is 15.6. The summed E-state index contributed by atoms with van der Waals surface area (Å²) in [7, 11) is 2.97. The van der Waals surface area contributed by atoms with Gasteiger partial charge in [0.2, 0.25) is 5.91 Å². The Morgan fingerprint density at radius 2 is 1.89 bits per heavy atom. The molecule has 1 amide bonds. The van der Waals surface area contributed by atoms with Gasteiger partial charge in [-0.3, -0.25) is 9.69 Å². The first-order valence-electron chi connectivity index (χ1n) is 8.80. The normalized spacial score (nSPS) is 13.5. The molecule has 1 aliphatic carbocycles. The van der Waals surface area contributed by atoms with E-state index in [1.807, 2.05) is 4.90 Å². The molecule has 0 aromatic heterocycles. The molecule has 2 aromatic carbocycles. The topological polar surface area (TPSA) is 50.8 Å². The predicted molar refractivity (Wildman–Crippen MR) is 103 cm³/mol. The van der Waals surface area contributed by atoms with Gasteiger partial charge in [0.05, 0.1) is 31.5 Å². The number of benzene rings is 2. The third kappa shape index (κ3) is 4.91. The minimum atomic E-state index is -0.625. The minimum Gasteiger partial charge on any atom is -0.495 e. The summed E-state index contributed by atoms with van der Waals surface area (Å²) >= 11 is 6.13. The van der Waals surface area contributed by atoms with E-state index in [2.05, 4.69) is 5.32 Å². The fourth-order valence-electron chi connectivity index (χ4n) is 2.95. The van der Waals surface area contributed by atoms with Gasteiger partial charge in [-0.25, -0.2) is 8.78 Å². The number of rotatable bonds is 8. The molecule has 150 valence electrons. The highest BCUT2D eigenvalue weighted by Crippen LogP contribution is 2.36. The largest absolute Gasteiger partial charge is 0.495 e. The van der Waals surface area contributed by atoms with E-state index in [1.54, 1.807) is 12.1 Å². The molecule has 0 bridgehead atoms. The van der Waals surface area contributed by atoms with E-state index in [9.17, 15) is 13.6 Å². The minimum absolute atomic E-state index is 0.0638. The summed E-state index contributed by atoms with van der Waals surface area (Å²) in [5, 5.41) is 3.12. The molecule has 0 atom stereocenters. The van der Waals surface area contributed by atoms with Gasteiger partial charge in [0.25, 0.3) is 0 Å². The molecular formula is C20H21ClF2N2O3. The highest BCUT2D eigenvalue weighted by Gasteiger charge is 2.31. The summed E-state index contributed by atoms with van der Waals surface area (Å²) in [6.45, 7) is 0.291. The lowest BCUT2D eigenvalue weighted by Crippen LogP contribution is -2.34. The zero-order chi connectivity index (χ0) is 20.3. The number of carbonyl (C=O) groups excluding carboxylic acids is 1. The Labute approximate surface area is 167 Å². The molecule has 28 heavy (non-hydrogen) atoms.